The SMILES string of the molecule is O=C(Nc1ccc(F)cc1[N+](=O)[O-])c1ccc(F)cc1. The summed E-state index contributed by atoms with van der Waals surface area (Å²) in [6.45, 7) is 0. The van der Waals surface area contributed by atoms with Crippen molar-refractivity contribution in [3.63, 3.8) is 0 Å². The first kappa shape index (κ1) is 13.6. The predicted molar refractivity (Wildman–Crippen MR) is 67.4 cm³/mol. The lowest BCUT2D eigenvalue weighted by Crippen LogP contribution is -2.13. The minimum atomic E-state index is -0.802. The molecule has 0 saturated heterocycles. The number of amides is 1. The molecule has 0 unspecified atom stereocenters. The molecule has 0 radical (unpaired) electrons. The fourth-order valence-electron chi connectivity index (χ4n) is 1.56. The number of halogens is 2. The van der Waals surface area contributed by atoms with Gasteiger partial charge in [-0.15, -0.1) is 0 Å². The quantitative estimate of drug-likeness (QED) is 0.692. The Balaban J connectivity index is 2.28. The Morgan fingerprint density at radius 2 is 1.65 bits per heavy atom. The molecule has 2 aromatic rings. The molecule has 1 amide bonds. The molecule has 1 N–H and O–H groups in total. The number of rotatable bonds is 3. The Kier molecular flexibility index (Phi) is 3.69. The van der Waals surface area contributed by atoms with Crippen molar-refractivity contribution in [2.24, 2.45) is 0 Å². The van der Waals surface area contributed by atoms with Gasteiger partial charge in [0.15, 0.2) is 0 Å². The van der Waals surface area contributed by atoms with Crippen LogP contribution in [-0.4, -0.2) is 10.8 Å². The highest BCUT2D eigenvalue weighted by molar-refractivity contribution is 6.05. The molecule has 2 aromatic carbocycles. The van der Waals surface area contributed by atoms with Crippen LogP contribution >= 0.6 is 0 Å². The first-order valence-corrected chi connectivity index (χ1v) is 5.48. The van der Waals surface area contributed by atoms with E-state index < -0.39 is 28.2 Å². The first-order valence-electron chi connectivity index (χ1n) is 5.48. The number of hydrogen-bond donors (Lipinski definition) is 1. The Hall–Kier alpha value is -2.83. The van der Waals surface area contributed by atoms with E-state index in [1.165, 1.54) is 12.1 Å². The molecule has 0 aliphatic rings. The van der Waals surface area contributed by atoms with Gasteiger partial charge in [0.25, 0.3) is 11.6 Å². The molecule has 0 heterocycles. The Bertz CT molecular complexity index is 672. The van der Waals surface area contributed by atoms with Crippen LogP contribution in [0.15, 0.2) is 42.5 Å². The smallest absolute Gasteiger partial charge is 0.295 e. The van der Waals surface area contributed by atoms with E-state index in [-0.39, 0.29) is 11.3 Å². The number of nitrogens with one attached hydrogen (secondary N) is 1. The van der Waals surface area contributed by atoms with Crippen molar-refractivity contribution in [3.05, 3.63) is 69.8 Å². The molecule has 0 bridgehead atoms. The third-order valence-corrected chi connectivity index (χ3v) is 2.51. The number of carbonyl (C=O) groups excluding carboxylic acids is 1. The molecule has 0 saturated carbocycles. The number of nitro benzene ring substituents is 1. The van der Waals surface area contributed by atoms with Gasteiger partial charge in [-0.2, -0.15) is 0 Å². The molecular weight excluding hydrogens is 270 g/mol. The summed E-state index contributed by atoms with van der Waals surface area (Å²) >= 11 is 0. The zero-order valence-electron chi connectivity index (χ0n) is 9.97. The molecule has 0 atom stereocenters. The van der Waals surface area contributed by atoms with Crippen LogP contribution in [0.1, 0.15) is 10.4 Å². The molecule has 102 valence electrons. The van der Waals surface area contributed by atoms with Gasteiger partial charge < -0.3 is 5.32 Å². The molecule has 20 heavy (non-hydrogen) atoms. The van der Waals surface area contributed by atoms with E-state index in [1.54, 1.807) is 0 Å². The fourth-order valence-corrected chi connectivity index (χ4v) is 1.56. The van der Waals surface area contributed by atoms with Gasteiger partial charge in [-0.05, 0) is 36.4 Å². The molecule has 0 fully saturated rings. The molecular formula is C13H8F2N2O3. The van der Waals surface area contributed by atoms with Gasteiger partial charge in [0.05, 0.1) is 11.0 Å². The van der Waals surface area contributed by atoms with Crippen LogP contribution in [0.2, 0.25) is 0 Å². The van der Waals surface area contributed by atoms with Gasteiger partial charge in [-0.1, -0.05) is 0 Å². The van der Waals surface area contributed by atoms with Crippen LogP contribution in [0, 0.1) is 21.7 Å². The van der Waals surface area contributed by atoms with E-state index in [1.807, 2.05) is 0 Å². The second kappa shape index (κ2) is 5.43. The van der Waals surface area contributed by atoms with Gasteiger partial charge in [-0.3, -0.25) is 14.9 Å². The van der Waals surface area contributed by atoms with Crippen molar-refractivity contribution < 1.29 is 18.5 Å². The summed E-state index contributed by atoms with van der Waals surface area (Å²) in [6, 6.07) is 7.45. The number of anilines is 1. The molecule has 0 spiro atoms. The average molecular weight is 278 g/mol. The van der Waals surface area contributed by atoms with Crippen LogP contribution in [0.4, 0.5) is 20.2 Å². The highest BCUT2D eigenvalue weighted by Crippen LogP contribution is 2.25. The third-order valence-electron chi connectivity index (χ3n) is 2.51. The van der Waals surface area contributed by atoms with Crippen LogP contribution in [0.25, 0.3) is 0 Å². The topological polar surface area (TPSA) is 72.2 Å². The van der Waals surface area contributed by atoms with Crippen molar-refractivity contribution in [3.8, 4) is 0 Å². The minimum absolute atomic E-state index is 0.130. The molecule has 0 aromatic heterocycles. The summed E-state index contributed by atoms with van der Waals surface area (Å²) in [7, 11) is 0. The second-order valence-electron chi connectivity index (χ2n) is 3.88. The Morgan fingerprint density at radius 1 is 1.05 bits per heavy atom. The summed E-state index contributed by atoms with van der Waals surface area (Å²) in [6.07, 6.45) is 0. The fraction of sp³-hybridized carbons (Fsp3) is 0. The summed E-state index contributed by atoms with van der Waals surface area (Å²) in [5, 5.41) is 13.1. The van der Waals surface area contributed by atoms with Gasteiger partial charge in [0.2, 0.25) is 0 Å². The maximum atomic E-state index is 13.0. The van der Waals surface area contributed by atoms with E-state index in [2.05, 4.69) is 5.32 Å². The largest absolute Gasteiger partial charge is 0.316 e. The maximum Gasteiger partial charge on any atom is 0.295 e. The van der Waals surface area contributed by atoms with E-state index in [0.717, 1.165) is 24.3 Å². The second-order valence-corrected chi connectivity index (χ2v) is 3.88. The number of carbonyl (C=O) groups is 1. The monoisotopic (exact) mass is 278 g/mol. The average Bonchev–Trinajstić information content (AvgIpc) is 2.41. The lowest BCUT2D eigenvalue weighted by atomic mass is 10.2. The minimum Gasteiger partial charge on any atom is -0.316 e. The summed E-state index contributed by atoms with van der Waals surface area (Å²) in [5.74, 6) is -1.94. The third kappa shape index (κ3) is 2.94. The highest BCUT2D eigenvalue weighted by atomic mass is 19.1. The normalized spacial score (nSPS) is 10.1. The summed E-state index contributed by atoms with van der Waals surface area (Å²) in [4.78, 5) is 21.8. The van der Waals surface area contributed by atoms with Crippen LogP contribution in [0.5, 0.6) is 0 Å². The van der Waals surface area contributed by atoms with Gasteiger partial charge in [-0.25, -0.2) is 8.78 Å². The van der Waals surface area contributed by atoms with Crippen molar-refractivity contribution in [2.75, 3.05) is 5.32 Å². The standard InChI is InChI=1S/C13H8F2N2O3/c14-9-3-1-8(2-4-9)13(18)16-11-6-5-10(15)7-12(11)17(19)20/h1-7H,(H,16,18). The van der Waals surface area contributed by atoms with Crippen molar-refractivity contribution in [1.82, 2.24) is 0 Å². The molecule has 5 nitrogen and oxygen atoms in total. The van der Waals surface area contributed by atoms with Gasteiger partial charge in [0, 0.05) is 5.56 Å². The van der Waals surface area contributed by atoms with E-state index in [0.29, 0.717) is 6.07 Å². The van der Waals surface area contributed by atoms with Crippen molar-refractivity contribution in [1.29, 1.82) is 0 Å². The van der Waals surface area contributed by atoms with E-state index in [4.69, 9.17) is 0 Å². The Labute approximate surface area is 112 Å². The lowest BCUT2D eigenvalue weighted by Gasteiger charge is -2.06. The van der Waals surface area contributed by atoms with Crippen LogP contribution < -0.4 is 5.32 Å². The zero-order chi connectivity index (χ0) is 14.7. The maximum absolute atomic E-state index is 13.0. The number of nitro groups is 1. The molecule has 0 aliphatic heterocycles. The van der Waals surface area contributed by atoms with Gasteiger partial charge in [0.1, 0.15) is 17.3 Å². The number of nitrogens with zero attached hydrogens (tertiary/aromatic N) is 1. The number of benzene rings is 2. The predicted octanol–water partition coefficient (Wildman–Crippen LogP) is 3.13. The number of hydrogen-bond acceptors (Lipinski definition) is 3. The van der Waals surface area contributed by atoms with Gasteiger partial charge >= 0.3 is 0 Å². The van der Waals surface area contributed by atoms with E-state index >= 15 is 0 Å². The van der Waals surface area contributed by atoms with Crippen molar-refractivity contribution in [2.45, 2.75) is 0 Å². The lowest BCUT2D eigenvalue weighted by molar-refractivity contribution is -0.384. The molecule has 2 rings (SSSR count). The van der Waals surface area contributed by atoms with Crippen LogP contribution in [0.3, 0.4) is 0 Å². The first-order chi connectivity index (χ1) is 9.47. The highest BCUT2D eigenvalue weighted by Gasteiger charge is 2.17. The summed E-state index contributed by atoms with van der Waals surface area (Å²) < 4.78 is 25.7. The molecule has 7 heteroatoms. The van der Waals surface area contributed by atoms with E-state index in [9.17, 15) is 23.7 Å². The van der Waals surface area contributed by atoms with Crippen LogP contribution in [-0.2, 0) is 0 Å². The van der Waals surface area contributed by atoms with Crippen molar-refractivity contribution >= 4 is 17.3 Å². The Morgan fingerprint density at radius 3 is 2.25 bits per heavy atom. The zero-order valence-corrected chi connectivity index (χ0v) is 9.97. The molecule has 0 aliphatic carbocycles. The summed E-state index contributed by atoms with van der Waals surface area (Å²) in [5.41, 5.74) is -0.559.